The lowest BCUT2D eigenvalue weighted by molar-refractivity contribution is 1.64. The van der Waals surface area contributed by atoms with Gasteiger partial charge in [-0.05, 0) is 84.3 Å². The van der Waals surface area contributed by atoms with Gasteiger partial charge in [-0.15, -0.1) is 45.3 Å². The zero-order valence-corrected chi connectivity index (χ0v) is 21.0. The van der Waals surface area contributed by atoms with Crippen molar-refractivity contribution in [3.8, 4) is 40.4 Å². The first-order valence-corrected chi connectivity index (χ1v) is 13.8. The van der Waals surface area contributed by atoms with E-state index in [0.29, 0.717) is 0 Å². The van der Waals surface area contributed by atoms with Crippen LogP contribution >= 0.6 is 45.3 Å². The SMILES string of the molecule is Cc1ccc(-c2ccc(-c3ccc(-c4ccc(-c5ccc(C)s5)s4)c4ccccc34)s2)s1. The molecule has 0 aliphatic rings. The van der Waals surface area contributed by atoms with E-state index in [1.54, 1.807) is 0 Å². The molecule has 32 heavy (non-hydrogen) atoms. The summed E-state index contributed by atoms with van der Waals surface area (Å²) in [7, 11) is 0. The maximum atomic E-state index is 2.31. The Kier molecular flexibility index (Phi) is 5.11. The zero-order chi connectivity index (χ0) is 21.7. The largest absolute Gasteiger partial charge is 0.140 e. The molecule has 0 unspecified atom stereocenters. The van der Waals surface area contributed by atoms with Gasteiger partial charge in [-0.2, -0.15) is 0 Å². The average Bonchev–Trinajstić information content (AvgIpc) is 3.60. The van der Waals surface area contributed by atoms with Crippen molar-refractivity contribution in [2.75, 3.05) is 0 Å². The summed E-state index contributed by atoms with van der Waals surface area (Å²) in [6.45, 7) is 4.34. The van der Waals surface area contributed by atoms with Crippen LogP contribution in [0.2, 0.25) is 0 Å². The molecule has 2 aromatic carbocycles. The van der Waals surface area contributed by atoms with Crippen molar-refractivity contribution in [3.63, 3.8) is 0 Å². The minimum absolute atomic E-state index is 1.32. The maximum Gasteiger partial charge on any atom is 0.0449 e. The summed E-state index contributed by atoms with van der Waals surface area (Å²) in [5.41, 5.74) is 2.64. The van der Waals surface area contributed by atoms with E-state index in [1.165, 1.54) is 60.9 Å². The van der Waals surface area contributed by atoms with Gasteiger partial charge in [0.05, 0.1) is 0 Å². The molecule has 0 fully saturated rings. The summed E-state index contributed by atoms with van der Waals surface area (Å²) in [5.74, 6) is 0. The molecule has 4 heterocycles. The molecule has 0 radical (unpaired) electrons. The van der Waals surface area contributed by atoms with E-state index in [-0.39, 0.29) is 0 Å². The fourth-order valence-electron chi connectivity index (χ4n) is 4.09. The van der Waals surface area contributed by atoms with Crippen LogP contribution in [0, 0.1) is 13.8 Å². The molecule has 0 saturated carbocycles. The topological polar surface area (TPSA) is 0 Å². The highest BCUT2D eigenvalue weighted by Crippen LogP contribution is 2.44. The fourth-order valence-corrected chi connectivity index (χ4v) is 8.10. The molecule has 4 heteroatoms. The lowest BCUT2D eigenvalue weighted by Crippen LogP contribution is -1.82. The predicted molar refractivity (Wildman–Crippen MR) is 147 cm³/mol. The van der Waals surface area contributed by atoms with Crippen molar-refractivity contribution in [1.29, 1.82) is 0 Å². The first kappa shape index (κ1) is 20.1. The second-order valence-electron chi connectivity index (χ2n) is 7.85. The van der Waals surface area contributed by atoms with Crippen LogP contribution in [0.4, 0.5) is 0 Å². The normalized spacial score (nSPS) is 11.4. The van der Waals surface area contributed by atoms with Crippen molar-refractivity contribution in [1.82, 2.24) is 0 Å². The second kappa shape index (κ2) is 8.13. The minimum Gasteiger partial charge on any atom is -0.140 e. The highest BCUT2D eigenvalue weighted by molar-refractivity contribution is 7.24. The number of thiophene rings is 4. The third kappa shape index (κ3) is 3.57. The third-order valence-electron chi connectivity index (χ3n) is 5.63. The van der Waals surface area contributed by atoms with Crippen LogP contribution < -0.4 is 0 Å². The molecule has 0 N–H and O–H groups in total. The number of hydrogen-bond donors (Lipinski definition) is 0. The van der Waals surface area contributed by atoms with Gasteiger partial charge in [0.15, 0.2) is 0 Å². The van der Waals surface area contributed by atoms with Crippen LogP contribution in [0.3, 0.4) is 0 Å². The molecular weight excluding hydrogens is 465 g/mol. The van der Waals surface area contributed by atoms with Crippen LogP contribution in [0.5, 0.6) is 0 Å². The van der Waals surface area contributed by atoms with Crippen LogP contribution in [-0.2, 0) is 0 Å². The lowest BCUT2D eigenvalue weighted by Gasteiger charge is -2.09. The summed E-state index contributed by atoms with van der Waals surface area (Å²) in [4.78, 5) is 10.8. The third-order valence-corrected chi connectivity index (χ3v) is 10.3. The van der Waals surface area contributed by atoms with Gasteiger partial charge in [0.25, 0.3) is 0 Å². The zero-order valence-electron chi connectivity index (χ0n) is 17.7. The van der Waals surface area contributed by atoms with Gasteiger partial charge in [-0.1, -0.05) is 36.4 Å². The molecule has 0 aliphatic carbocycles. The van der Waals surface area contributed by atoms with Gasteiger partial charge in [0, 0.05) is 39.0 Å². The Bertz CT molecular complexity index is 1440. The number of rotatable bonds is 4. The molecule has 0 atom stereocenters. The highest BCUT2D eigenvalue weighted by atomic mass is 32.1. The van der Waals surface area contributed by atoms with Crippen molar-refractivity contribution in [2.45, 2.75) is 13.8 Å². The molecular formula is C28H20S4. The molecule has 0 saturated heterocycles. The van der Waals surface area contributed by atoms with Gasteiger partial charge in [-0.25, -0.2) is 0 Å². The van der Waals surface area contributed by atoms with Crippen molar-refractivity contribution >= 4 is 56.1 Å². The number of fused-ring (bicyclic) bond motifs is 1. The Morgan fingerprint density at radius 1 is 0.375 bits per heavy atom. The molecule has 156 valence electrons. The van der Waals surface area contributed by atoms with Crippen LogP contribution in [0.25, 0.3) is 51.2 Å². The predicted octanol–water partition coefficient (Wildman–Crippen LogP) is 10.4. The molecule has 6 aromatic rings. The van der Waals surface area contributed by atoms with E-state index in [4.69, 9.17) is 0 Å². The Labute approximate surface area is 204 Å². The summed E-state index contributed by atoms with van der Waals surface area (Å²) in [6, 6.07) is 31.4. The average molecular weight is 485 g/mol. The second-order valence-corrected chi connectivity index (χ2v) is 12.6. The number of aryl methyl sites for hydroxylation is 2. The number of benzene rings is 2. The van der Waals surface area contributed by atoms with E-state index in [0.717, 1.165) is 0 Å². The molecule has 6 rings (SSSR count). The van der Waals surface area contributed by atoms with Crippen molar-refractivity contribution in [2.24, 2.45) is 0 Å². The molecule has 0 nitrogen and oxygen atoms in total. The highest BCUT2D eigenvalue weighted by Gasteiger charge is 2.14. The summed E-state index contributed by atoms with van der Waals surface area (Å²) < 4.78 is 0. The number of hydrogen-bond acceptors (Lipinski definition) is 4. The van der Waals surface area contributed by atoms with E-state index in [2.05, 4.69) is 98.8 Å². The quantitative estimate of drug-likeness (QED) is 0.233. The molecule has 0 spiro atoms. The molecule has 0 amide bonds. The van der Waals surface area contributed by atoms with E-state index in [1.807, 2.05) is 45.3 Å². The Hall–Kier alpha value is -2.50. The Morgan fingerprint density at radius 3 is 1.16 bits per heavy atom. The van der Waals surface area contributed by atoms with E-state index >= 15 is 0 Å². The van der Waals surface area contributed by atoms with Gasteiger partial charge >= 0.3 is 0 Å². The van der Waals surface area contributed by atoms with Gasteiger partial charge in [0.1, 0.15) is 0 Å². The van der Waals surface area contributed by atoms with Gasteiger partial charge in [0.2, 0.25) is 0 Å². The van der Waals surface area contributed by atoms with Crippen LogP contribution in [-0.4, -0.2) is 0 Å². The monoisotopic (exact) mass is 484 g/mol. The molecule has 4 aromatic heterocycles. The van der Waals surface area contributed by atoms with Crippen LogP contribution in [0.15, 0.2) is 84.9 Å². The van der Waals surface area contributed by atoms with Gasteiger partial charge in [-0.3, -0.25) is 0 Å². The lowest BCUT2D eigenvalue weighted by atomic mass is 9.98. The molecule has 0 bridgehead atoms. The smallest absolute Gasteiger partial charge is 0.0449 e. The molecule has 0 aliphatic heterocycles. The maximum absolute atomic E-state index is 2.31. The Morgan fingerprint density at radius 2 is 0.750 bits per heavy atom. The fraction of sp³-hybridized carbons (Fsp3) is 0.0714. The van der Waals surface area contributed by atoms with E-state index in [9.17, 15) is 0 Å². The van der Waals surface area contributed by atoms with E-state index < -0.39 is 0 Å². The standard InChI is InChI=1S/C28H20S4/c1-17-7-11-25(29-17)27-15-13-23(31-27)21-9-10-22(20-6-4-3-5-19(20)21)24-14-16-28(32-24)26-12-8-18(2)30-26/h3-16H,1-2H3. The van der Waals surface area contributed by atoms with Gasteiger partial charge < -0.3 is 0 Å². The van der Waals surface area contributed by atoms with Crippen molar-refractivity contribution < 1.29 is 0 Å². The summed E-state index contributed by atoms with van der Waals surface area (Å²) >= 11 is 7.51. The van der Waals surface area contributed by atoms with Crippen molar-refractivity contribution in [3.05, 3.63) is 94.7 Å². The first-order chi connectivity index (χ1) is 15.7. The first-order valence-electron chi connectivity index (χ1n) is 10.5. The van der Waals surface area contributed by atoms with Crippen LogP contribution in [0.1, 0.15) is 9.75 Å². The summed E-state index contributed by atoms with van der Waals surface area (Å²) in [6.07, 6.45) is 0. The Balaban J connectivity index is 1.44. The minimum atomic E-state index is 1.32. The summed E-state index contributed by atoms with van der Waals surface area (Å²) in [5, 5.41) is 2.64.